The number of hydrogen-bond acceptors (Lipinski definition) is 2. The molecule has 16 heavy (non-hydrogen) atoms. The Hall–Kier alpha value is -1.02. The minimum atomic E-state index is 0.638. The summed E-state index contributed by atoms with van der Waals surface area (Å²) in [5.74, 6) is 0. The highest BCUT2D eigenvalue weighted by Gasteiger charge is 2.23. The molecule has 1 unspecified atom stereocenters. The van der Waals surface area contributed by atoms with E-state index >= 15 is 0 Å². The van der Waals surface area contributed by atoms with Gasteiger partial charge in [-0.3, -0.25) is 0 Å². The number of nitrogens with one attached hydrogen (secondary N) is 1. The molecular weight excluding hydrogens is 196 g/mol. The van der Waals surface area contributed by atoms with Crippen molar-refractivity contribution in [1.29, 1.82) is 0 Å². The fourth-order valence-corrected chi connectivity index (χ4v) is 2.79. The predicted octanol–water partition coefficient (Wildman–Crippen LogP) is 2.27. The molecule has 1 N–H and O–H groups in total. The Bertz CT molecular complexity index is 385. The molecule has 1 atom stereocenters. The monoisotopic (exact) mass is 218 g/mol. The number of likely N-dealkylation sites (N-methyl/N-ethyl adjacent to an activating group) is 2. The van der Waals surface area contributed by atoms with E-state index in [0.717, 1.165) is 6.54 Å². The smallest absolute Gasteiger partial charge is 0.0414 e. The number of nitrogens with zero attached hydrogens (tertiary/aromatic N) is 1. The summed E-state index contributed by atoms with van der Waals surface area (Å²) in [6.07, 6.45) is 2.48. The first-order valence-electron chi connectivity index (χ1n) is 6.11. The second-order valence-corrected chi connectivity index (χ2v) is 4.94. The van der Waals surface area contributed by atoms with Gasteiger partial charge in [0.2, 0.25) is 0 Å². The van der Waals surface area contributed by atoms with Crippen LogP contribution in [-0.2, 0) is 6.42 Å². The van der Waals surface area contributed by atoms with Gasteiger partial charge in [0.15, 0.2) is 0 Å². The van der Waals surface area contributed by atoms with Gasteiger partial charge in [-0.25, -0.2) is 0 Å². The Labute approximate surface area is 98.7 Å². The number of hydrogen-bond donors (Lipinski definition) is 1. The van der Waals surface area contributed by atoms with Crippen LogP contribution in [0.4, 0.5) is 5.69 Å². The molecule has 1 aliphatic rings. The number of benzene rings is 1. The molecule has 0 amide bonds. The number of rotatable bonds is 2. The molecule has 0 saturated carbocycles. The molecule has 0 radical (unpaired) electrons. The van der Waals surface area contributed by atoms with E-state index < -0.39 is 0 Å². The highest BCUT2D eigenvalue weighted by Crippen LogP contribution is 2.32. The van der Waals surface area contributed by atoms with E-state index in [1.165, 1.54) is 29.7 Å². The van der Waals surface area contributed by atoms with Crippen molar-refractivity contribution in [3.05, 3.63) is 28.8 Å². The molecule has 1 heterocycles. The Morgan fingerprint density at radius 1 is 1.38 bits per heavy atom. The average Bonchev–Trinajstić information content (AvgIpc) is 2.23. The van der Waals surface area contributed by atoms with Crippen LogP contribution in [0.1, 0.15) is 23.1 Å². The average molecular weight is 218 g/mol. The van der Waals surface area contributed by atoms with E-state index in [0.29, 0.717) is 6.04 Å². The van der Waals surface area contributed by atoms with Crippen molar-refractivity contribution in [2.75, 3.05) is 25.5 Å². The van der Waals surface area contributed by atoms with Gasteiger partial charge < -0.3 is 10.2 Å². The summed E-state index contributed by atoms with van der Waals surface area (Å²) in [5.41, 5.74) is 5.79. The van der Waals surface area contributed by atoms with Crippen molar-refractivity contribution in [2.24, 2.45) is 0 Å². The highest BCUT2D eigenvalue weighted by atomic mass is 15.2. The third-order valence-electron chi connectivity index (χ3n) is 3.69. The minimum Gasteiger partial charge on any atom is -0.370 e. The molecule has 2 heteroatoms. The lowest BCUT2D eigenvalue weighted by Crippen LogP contribution is -2.42. The van der Waals surface area contributed by atoms with Crippen molar-refractivity contribution in [2.45, 2.75) is 32.7 Å². The van der Waals surface area contributed by atoms with E-state index in [2.05, 4.69) is 43.2 Å². The zero-order valence-corrected chi connectivity index (χ0v) is 10.8. The largest absolute Gasteiger partial charge is 0.370 e. The molecule has 0 saturated heterocycles. The predicted molar refractivity (Wildman–Crippen MR) is 70.4 cm³/mol. The standard InChI is InChI=1S/C14H22N2/c1-10-7-11(2)13-6-5-12(9-15-3)16(4)14(13)8-10/h7-8,12,15H,5-6,9H2,1-4H3. The van der Waals surface area contributed by atoms with Gasteiger partial charge >= 0.3 is 0 Å². The Kier molecular flexibility index (Phi) is 3.20. The van der Waals surface area contributed by atoms with Crippen molar-refractivity contribution < 1.29 is 0 Å². The van der Waals surface area contributed by atoms with Crippen LogP contribution in [0.25, 0.3) is 0 Å². The zero-order valence-electron chi connectivity index (χ0n) is 10.8. The van der Waals surface area contributed by atoms with E-state index in [1.807, 2.05) is 7.05 Å². The van der Waals surface area contributed by atoms with Gasteiger partial charge in [0.25, 0.3) is 0 Å². The molecule has 0 aromatic heterocycles. The normalized spacial score (nSPS) is 19.8. The van der Waals surface area contributed by atoms with Crippen LogP contribution in [-0.4, -0.2) is 26.7 Å². The minimum absolute atomic E-state index is 0.638. The summed E-state index contributed by atoms with van der Waals surface area (Å²) in [6, 6.07) is 5.26. The van der Waals surface area contributed by atoms with Crippen LogP contribution in [0, 0.1) is 13.8 Å². The van der Waals surface area contributed by atoms with Gasteiger partial charge in [0.05, 0.1) is 0 Å². The maximum absolute atomic E-state index is 3.29. The summed E-state index contributed by atoms with van der Waals surface area (Å²) < 4.78 is 0. The first kappa shape index (κ1) is 11.5. The molecule has 1 aliphatic heterocycles. The molecule has 2 nitrogen and oxygen atoms in total. The van der Waals surface area contributed by atoms with Gasteiger partial charge in [-0.2, -0.15) is 0 Å². The molecule has 88 valence electrons. The van der Waals surface area contributed by atoms with Crippen LogP contribution in [0.2, 0.25) is 0 Å². The van der Waals surface area contributed by atoms with Crippen molar-refractivity contribution in [1.82, 2.24) is 5.32 Å². The van der Waals surface area contributed by atoms with Gasteiger partial charge in [-0.1, -0.05) is 6.07 Å². The van der Waals surface area contributed by atoms with Crippen LogP contribution in [0.5, 0.6) is 0 Å². The zero-order chi connectivity index (χ0) is 11.7. The SMILES string of the molecule is CNCC1CCc2c(C)cc(C)cc2N1C. The first-order valence-corrected chi connectivity index (χ1v) is 6.11. The molecule has 0 aliphatic carbocycles. The molecule has 0 spiro atoms. The van der Waals surface area contributed by atoms with Crippen molar-refractivity contribution in [3.63, 3.8) is 0 Å². The number of anilines is 1. The lowest BCUT2D eigenvalue weighted by Gasteiger charge is -2.37. The quantitative estimate of drug-likeness (QED) is 0.819. The van der Waals surface area contributed by atoms with Gasteiger partial charge in [0.1, 0.15) is 0 Å². The van der Waals surface area contributed by atoms with Crippen LogP contribution in [0.15, 0.2) is 12.1 Å². The van der Waals surface area contributed by atoms with Crippen LogP contribution in [0.3, 0.4) is 0 Å². The van der Waals surface area contributed by atoms with E-state index in [1.54, 1.807) is 5.56 Å². The molecule has 0 fully saturated rings. The fraction of sp³-hybridized carbons (Fsp3) is 0.571. The molecule has 1 aromatic rings. The van der Waals surface area contributed by atoms with E-state index in [4.69, 9.17) is 0 Å². The highest BCUT2D eigenvalue weighted by molar-refractivity contribution is 5.60. The molecule has 1 aromatic carbocycles. The second kappa shape index (κ2) is 4.46. The third-order valence-corrected chi connectivity index (χ3v) is 3.69. The summed E-state index contributed by atoms with van der Waals surface area (Å²) in [4.78, 5) is 2.44. The summed E-state index contributed by atoms with van der Waals surface area (Å²) in [5, 5.41) is 3.29. The van der Waals surface area contributed by atoms with Gasteiger partial charge in [0, 0.05) is 25.3 Å². The Morgan fingerprint density at radius 2 is 2.12 bits per heavy atom. The van der Waals surface area contributed by atoms with Crippen LogP contribution >= 0.6 is 0 Å². The van der Waals surface area contributed by atoms with Crippen LogP contribution < -0.4 is 10.2 Å². The van der Waals surface area contributed by atoms with Crippen molar-refractivity contribution >= 4 is 5.69 Å². The molecule has 0 bridgehead atoms. The molecular formula is C14H22N2. The molecule has 2 rings (SSSR count). The topological polar surface area (TPSA) is 15.3 Å². The third kappa shape index (κ3) is 1.94. The van der Waals surface area contributed by atoms with E-state index in [9.17, 15) is 0 Å². The van der Waals surface area contributed by atoms with E-state index in [-0.39, 0.29) is 0 Å². The number of aryl methyl sites for hydroxylation is 2. The Morgan fingerprint density at radius 3 is 2.81 bits per heavy atom. The summed E-state index contributed by atoms with van der Waals surface area (Å²) in [7, 11) is 4.25. The lowest BCUT2D eigenvalue weighted by molar-refractivity contribution is 0.529. The summed E-state index contributed by atoms with van der Waals surface area (Å²) >= 11 is 0. The fourth-order valence-electron chi connectivity index (χ4n) is 2.79. The van der Waals surface area contributed by atoms with Crippen molar-refractivity contribution in [3.8, 4) is 0 Å². The summed E-state index contributed by atoms with van der Waals surface area (Å²) in [6.45, 7) is 5.49. The second-order valence-electron chi connectivity index (χ2n) is 4.94. The lowest BCUT2D eigenvalue weighted by atomic mass is 9.91. The van der Waals surface area contributed by atoms with Gasteiger partial charge in [-0.15, -0.1) is 0 Å². The Balaban J connectivity index is 2.36. The number of fused-ring (bicyclic) bond motifs is 1. The van der Waals surface area contributed by atoms with Gasteiger partial charge in [-0.05, 0) is 56.5 Å². The first-order chi connectivity index (χ1) is 7.63. The maximum Gasteiger partial charge on any atom is 0.0414 e. The maximum atomic E-state index is 3.29.